The highest BCUT2D eigenvalue weighted by Crippen LogP contribution is 2.49. The largest absolute Gasteiger partial charge is 0.340 e. The van der Waals surface area contributed by atoms with Crippen molar-refractivity contribution in [2.75, 3.05) is 0 Å². The summed E-state index contributed by atoms with van der Waals surface area (Å²) in [5.74, 6) is 2.02. The van der Waals surface area contributed by atoms with Crippen LogP contribution in [0.5, 0.6) is 0 Å². The summed E-state index contributed by atoms with van der Waals surface area (Å²) in [5, 5.41) is 9.18. The van der Waals surface area contributed by atoms with Crippen molar-refractivity contribution in [3.63, 3.8) is 0 Å². The van der Waals surface area contributed by atoms with Gasteiger partial charge in [-0.05, 0) is 49.9 Å². The highest BCUT2D eigenvalue weighted by molar-refractivity contribution is 5.05. The van der Waals surface area contributed by atoms with E-state index < -0.39 is 5.79 Å². The molecule has 1 saturated heterocycles. The molecule has 19 heavy (non-hydrogen) atoms. The molecule has 0 bridgehead atoms. The standard InChI is InChI=1S/C16H26O3/c1-11-5-3-8-14-15-12(6-4-7-13(11)15)9-10-16(2,18-14)19-17/h3,8,11-15,17H,4-7,9-10H2,1-2H3/t11-,12?,13-,14+,15?,16+/m0/s1. The van der Waals surface area contributed by atoms with Crippen molar-refractivity contribution < 1.29 is 14.9 Å². The van der Waals surface area contributed by atoms with Gasteiger partial charge in [-0.15, -0.1) is 0 Å². The third-order valence-corrected chi connectivity index (χ3v) is 5.64. The van der Waals surface area contributed by atoms with Crippen LogP contribution in [0.2, 0.25) is 0 Å². The summed E-state index contributed by atoms with van der Waals surface area (Å²) in [5.41, 5.74) is 0. The van der Waals surface area contributed by atoms with Gasteiger partial charge >= 0.3 is 0 Å². The Morgan fingerprint density at radius 3 is 2.95 bits per heavy atom. The van der Waals surface area contributed by atoms with Crippen LogP contribution in [0.3, 0.4) is 0 Å². The van der Waals surface area contributed by atoms with Crippen molar-refractivity contribution in [1.29, 1.82) is 0 Å². The fraction of sp³-hybridized carbons (Fsp3) is 0.875. The smallest absolute Gasteiger partial charge is 0.199 e. The van der Waals surface area contributed by atoms with E-state index in [-0.39, 0.29) is 6.10 Å². The molecule has 0 aromatic carbocycles. The van der Waals surface area contributed by atoms with Gasteiger partial charge in [0.15, 0.2) is 5.79 Å². The molecule has 0 aromatic heterocycles. The molecule has 1 aliphatic heterocycles. The minimum atomic E-state index is -0.829. The molecule has 3 nitrogen and oxygen atoms in total. The second kappa shape index (κ2) is 5.19. The predicted octanol–water partition coefficient (Wildman–Crippen LogP) is 4.00. The number of allylic oxidation sites excluding steroid dienone is 1. The summed E-state index contributed by atoms with van der Waals surface area (Å²) in [7, 11) is 0. The average molecular weight is 266 g/mol. The molecule has 6 atom stereocenters. The van der Waals surface area contributed by atoms with Crippen LogP contribution in [-0.4, -0.2) is 17.1 Å². The molecule has 3 heteroatoms. The predicted molar refractivity (Wildman–Crippen MR) is 73.5 cm³/mol. The molecular weight excluding hydrogens is 240 g/mol. The lowest BCUT2D eigenvalue weighted by atomic mass is 9.65. The molecular formula is C16H26O3. The van der Waals surface area contributed by atoms with Gasteiger partial charge in [-0.2, -0.15) is 0 Å². The van der Waals surface area contributed by atoms with Crippen molar-refractivity contribution in [2.45, 2.75) is 64.3 Å². The van der Waals surface area contributed by atoms with Crippen LogP contribution in [-0.2, 0) is 9.62 Å². The Hall–Kier alpha value is -0.380. The second-order valence-electron chi connectivity index (χ2n) is 6.92. The van der Waals surface area contributed by atoms with Crippen LogP contribution in [0.1, 0.15) is 52.4 Å². The lowest BCUT2D eigenvalue weighted by molar-refractivity contribution is -0.405. The molecule has 2 aliphatic carbocycles. The summed E-state index contributed by atoms with van der Waals surface area (Å²) in [6, 6.07) is 0. The average Bonchev–Trinajstić information content (AvgIpc) is 2.66. The van der Waals surface area contributed by atoms with E-state index in [9.17, 15) is 5.26 Å². The first-order chi connectivity index (χ1) is 9.13. The molecule has 1 N–H and O–H groups in total. The van der Waals surface area contributed by atoms with Crippen molar-refractivity contribution >= 4 is 0 Å². The highest BCUT2D eigenvalue weighted by Gasteiger charge is 2.47. The summed E-state index contributed by atoms with van der Waals surface area (Å²) >= 11 is 0. The van der Waals surface area contributed by atoms with Crippen LogP contribution in [0, 0.1) is 23.7 Å². The van der Waals surface area contributed by atoms with Gasteiger partial charge in [0.1, 0.15) is 0 Å². The zero-order chi connectivity index (χ0) is 13.5. The maximum atomic E-state index is 9.18. The number of hydrogen-bond acceptors (Lipinski definition) is 3. The maximum absolute atomic E-state index is 9.18. The first kappa shape index (κ1) is 13.6. The fourth-order valence-electron chi connectivity index (χ4n) is 4.57. The fourth-order valence-corrected chi connectivity index (χ4v) is 4.57. The molecule has 1 heterocycles. The molecule has 0 amide bonds. The zero-order valence-electron chi connectivity index (χ0n) is 12.0. The van der Waals surface area contributed by atoms with Gasteiger partial charge in [0, 0.05) is 6.42 Å². The highest BCUT2D eigenvalue weighted by atomic mass is 17.1. The van der Waals surface area contributed by atoms with Crippen molar-refractivity contribution in [3.8, 4) is 0 Å². The van der Waals surface area contributed by atoms with E-state index in [2.05, 4.69) is 24.0 Å². The number of ether oxygens (including phenoxy) is 1. The Morgan fingerprint density at radius 1 is 1.32 bits per heavy atom. The van der Waals surface area contributed by atoms with E-state index in [4.69, 9.17) is 4.74 Å². The third kappa shape index (κ3) is 2.48. The van der Waals surface area contributed by atoms with E-state index >= 15 is 0 Å². The second-order valence-corrected chi connectivity index (χ2v) is 6.92. The molecule has 1 saturated carbocycles. The Bertz CT molecular complexity index is 354. The first-order valence-corrected chi connectivity index (χ1v) is 7.80. The molecule has 2 unspecified atom stereocenters. The lowest BCUT2D eigenvalue weighted by Crippen LogP contribution is -2.40. The van der Waals surface area contributed by atoms with Gasteiger partial charge < -0.3 is 4.74 Å². The molecule has 0 aromatic rings. The first-order valence-electron chi connectivity index (χ1n) is 7.80. The van der Waals surface area contributed by atoms with Gasteiger partial charge in [0.25, 0.3) is 0 Å². The Balaban J connectivity index is 1.92. The quantitative estimate of drug-likeness (QED) is 0.443. The Morgan fingerprint density at radius 2 is 2.16 bits per heavy atom. The Kier molecular flexibility index (Phi) is 3.71. The molecule has 3 aliphatic rings. The molecule has 0 spiro atoms. The van der Waals surface area contributed by atoms with Crippen molar-refractivity contribution in [2.24, 2.45) is 23.7 Å². The summed E-state index contributed by atoms with van der Waals surface area (Å²) in [6.07, 6.45) is 11.6. The minimum Gasteiger partial charge on any atom is -0.340 e. The van der Waals surface area contributed by atoms with E-state index in [1.807, 2.05) is 6.92 Å². The van der Waals surface area contributed by atoms with Gasteiger partial charge in [0.2, 0.25) is 0 Å². The van der Waals surface area contributed by atoms with E-state index in [1.165, 1.54) is 19.3 Å². The minimum absolute atomic E-state index is 0.111. The van der Waals surface area contributed by atoms with Crippen LogP contribution < -0.4 is 0 Å². The molecule has 0 radical (unpaired) electrons. The van der Waals surface area contributed by atoms with Gasteiger partial charge in [0.05, 0.1) is 6.10 Å². The monoisotopic (exact) mass is 266 g/mol. The SMILES string of the molecule is C[C@H]1CC=C[C@H]2O[C@](C)(OO)CCC3CCC[C@@H]1C32. The van der Waals surface area contributed by atoms with E-state index in [0.29, 0.717) is 5.92 Å². The third-order valence-electron chi connectivity index (χ3n) is 5.64. The number of hydrogen-bond donors (Lipinski definition) is 1. The van der Waals surface area contributed by atoms with Crippen LogP contribution in [0.4, 0.5) is 0 Å². The summed E-state index contributed by atoms with van der Waals surface area (Å²) in [4.78, 5) is 4.67. The van der Waals surface area contributed by atoms with Gasteiger partial charge in [-0.1, -0.05) is 31.9 Å². The maximum Gasteiger partial charge on any atom is 0.199 e. The lowest BCUT2D eigenvalue weighted by Gasteiger charge is -2.42. The zero-order valence-corrected chi connectivity index (χ0v) is 12.0. The van der Waals surface area contributed by atoms with Crippen molar-refractivity contribution in [1.82, 2.24) is 0 Å². The van der Waals surface area contributed by atoms with E-state index in [1.54, 1.807) is 0 Å². The van der Waals surface area contributed by atoms with Crippen molar-refractivity contribution in [3.05, 3.63) is 12.2 Å². The molecule has 2 fully saturated rings. The van der Waals surface area contributed by atoms with Gasteiger partial charge in [-0.3, -0.25) is 0 Å². The normalized spacial score (nSPS) is 50.2. The van der Waals surface area contributed by atoms with Crippen LogP contribution in [0.25, 0.3) is 0 Å². The topological polar surface area (TPSA) is 38.7 Å². The van der Waals surface area contributed by atoms with Crippen LogP contribution >= 0.6 is 0 Å². The molecule has 3 rings (SSSR count). The Labute approximate surface area is 115 Å². The summed E-state index contributed by atoms with van der Waals surface area (Å²) in [6.45, 7) is 4.24. The van der Waals surface area contributed by atoms with Gasteiger partial charge in [-0.25, -0.2) is 10.1 Å². The number of rotatable bonds is 1. The summed E-state index contributed by atoms with van der Waals surface area (Å²) < 4.78 is 6.16. The van der Waals surface area contributed by atoms with Crippen LogP contribution in [0.15, 0.2) is 12.2 Å². The molecule has 108 valence electrons. The van der Waals surface area contributed by atoms with E-state index in [0.717, 1.165) is 37.0 Å².